The van der Waals surface area contributed by atoms with E-state index in [0.29, 0.717) is 12.4 Å². The highest BCUT2D eigenvalue weighted by Crippen LogP contribution is 2.28. The quantitative estimate of drug-likeness (QED) is 0.749. The number of fused-ring (bicyclic) bond motifs is 1. The minimum absolute atomic E-state index is 0.409. The predicted molar refractivity (Wildman–Crippen MR) is 69.1 cm³/mol. The van der Waals surface area contributed by atoms with Crippen molar-refractivity contribution in [2.75, 3.05) is 0 Å². The normalized spacial score (nSPS) is 11.3. The maximum atomic E-state index is 5.57. The Morgan fingerprint density at radius 1 is 1.17 bits per heavy atom. The monoisotopic (exact) mass is 242 g/mol. The molecule has 0 bridgehead atoms. The number of oxazole rings is 1. The zero-order valence-corrected chi connectivity index (χ0v) is 10.4. The average Bonchev–Trinajstić information content (AvgIpc) is 2.90. The third kappa shape index (κ3) is 1.71. The second kappa shape index (κ2) is 3.99. The Morgan fingerprint density at radius 3 is 2.67 bits per heavy atom. The molecular weight excluding hydrogens is 228 g/mol. The highest BCUT2D eigenvalue weighted by molar-refractivity contribution is 5.83. The molecule has 0 amide bonds. The van der Waals surface area contributed by atoms with Crippen molar-refractivity contribution in [3.63, 3.8) is 0 Å². The Bertz CT molecular complexity index is 710. The van der Waals surface area contributed by atoms with Gasteiger partial charge in [-0.1, -0.05) is 0 Å². The lowest BCUT2D eigenvalue weighted by atomic mass is 10.1. The van der Waals surface area contributed by atoms with E-state index in [1.807, 2.05) is 38.1 Å². The fraction of sp³-hybridized carbons (Fsp3) is 0.214. The molecule has 4 nitrogen and oxygen atoms in total. The molecule has 0 aliphatic heterocycles. The fourth-order valence-corrected chi connectivity index (χ4v) is 2.14. The Morgan fingerprint density at radius 2 is 2.00 bits per heavy atom. The molecule has 0 saturated heterocycles. The molecule has 0 radical (unpaired) electrons. The van der Waals surface area contributed by atoms with E-state index in [2.05, 4.69) is 4.98 Å². The molecule has 0 fully saturated rings. The van der Waals surface area contributed by atoms with E-state index >= 15 is 0 Å². The number of aromatic nitrogens is 1. The zero-order chi connectivity index (χ0) is 12.7. The third-order valence-corrected chi connectivity index (χ3v) is 2.95. The lowest BCUT2D eigenvalue weighted by Gasteiger charge is -1.97. The van der Waals surface area contributed by atoms with Crippen LogP contribution in [0.2, 0.25) is 0 Å². The summed E-state index contributed by atoms with van der Waals surface area (Å²) in [6, 6.07) is 7.92. The Labute approximate surface area is 104 Å². The topological polar surface area (TPSA) is 65.2 Å². The molecule has 92 valence electrons. The zero-order valence-electron chi connectivity index (χ0n) is 10.4. The van der Waals surface area contributed by atoms with Crippen LogP contribution < -0.4 is 5.73 Å². The second-order valence-electron chi connectivity index (χ2n) is 4.31. The van der Waals surface area contributed by atoms with Gasteiger partial charge in [-0.15, -0.1) is 0 Å². The highest BCUT2D eigenvalue weighted by Gasteiger charge is 2.11. The fourth-order valence-electron chi connectivity index (χ4n) is 2.14. The maximum absolute atomic E-state index is 5.57. The molecular formula is C14H14N2O2. The molecule has 0 saturated carbocycles. The summed E-state index contributed by atoms with van der Waals surface area (Å²) in [5.74, 6) is 2.29. The summed E-state index contributed by atoms with van der Waals surface area (Å²) in [6.07, 6.45) is 0. The van der Waals surface area contributed by atoms with E-state index in [4.69, 9.17) is 14.6 Å². The molecule has 2 N–H and O–H groups in total. The number of nitrogens with zero attached hydrogens (tertiary/aromatic N) is 1. The molecule has 4 heteroatoms. The van der Waals surface area contributed by atoms with Crippen molar-refractivity contribution in [1.82, 2.24) is 4.98 Å². The summed E-state index contributed by atoms with van der Waals surface area (Å²) in [6.45, 7) is 4.17. The van der Waals surface area contributed by atoms with E-state index < -0.39 is 0 Å². The van der Waals surface area contributed by atoms with Crippen LogP contribution in [-0.4, -0.2) is 4.98 Å². The minimum Gasteiger partial charge on any atom is -0.460 e. The van der Waals surface area contributed by atoms with Gasteiger partial charge in [0.05, 0.1) is 6.54 Å². The number of hydrogen-bond acceptors (Lipinski definition) is 4. The van der Waals surface area contributed by atoms with E-state index in [1.54, 1.807) is 0 Å². The first-order chi connectivity index (χ1) is 8.67. The summed E-state index contributed by atoms with van der Waals surface area (Å²) in [4.78, 5) is 4.39. The van der Waals surface area contributed by atoms with Crippen molar-refractivity contribution in [2.24, 2.45) is 5.73 Å². The number of aryl methyl sites for hydroxylation is 2. The lowest BCUT2D eigenvalue weighted by Crippen LogP contribution is -1.92. The van der Waals surface area contributed by atoms with Crippen LogP contribution in [0.1, 0.15) is 17.4 Å². The second-order valence-corrected chi connectivity index (χ2v) is 4.31. The van der Waals surface area contributed by atoms with Crippen LogP contribution in [0.4, 0.5) is 0 Å². The molecule has 3 aromatic rings. The highest BCUT2D eigenvalue weighted by atomic mass is 16.4. The molecule has 0 atom stereocenters. The lowest BCUT2D eigenvalue weighted by molar-refractivity contribution is 0.495. The van der Waals surface area contributed by atoms with Crippen LogP contribution >= 0.6 is 0 Å². The minimum atomic E-state index is 0.409. The van der Waals surface area contributed by atoms with Crippen LogP contribution in [-0.2, 0) is 6.54 Å². The summed E-state index contributed by atoms with van der Waals surface area (Å²) >= 11 is 0. The molecule has 0 spiro atoms. The molecule has 3 rings (SSSR count). The Balaban J connectivity index is 2.15. The number of furan rings is 1. The molecule has 2 heterocycles. The van der Waals surface area contributed by atoms with E-state index in [0.717, 1.165) is 33.7 Å². The predicted octanol–water partition coefficient (Wildman–Crippen LogP) is 3.16. The summed E-state index contributed by atoms with van der Waals surface area (Å²) in [7, 11) is 0. The molecule has 0 aliphatic carbocycles. The van der Waals surface area contributed by atoms with Gasteiger partial charge in [0.1, 0.15) is 22.8 Å². The Hall–Kier alpha value is -2.07. The van der Waals surface area contributed by atoms with Gasteiger partial charge in [-0.05, 0) is 31.2 Å². The SMILES string of the molecule is Cc1nc(-c2ccc3oc(CN)cc3c2)c(C)o1. The summed E-state index contributed by atoms with van der Waals surface area (Å²) in [5.41, 5.74) is 8.32. The van der Waals surface area contributed by atoms with Gasteiger partial charge in [-0.25, -0.2) is 4.98 Å². The molecule has 2 aromatic heterocycles. The van der Waals surface area contributed by atoms with Gasteiger partial charge in [0.25, 0.3) is 0 Å². The van der Waals surface area contributed by atoms with Crippen LogP contribution in [0.15, 0.2) is 33.1 Å². The van der Waals surface area contributed by atoms with Crippen molar-refractivity contribution >= 4 is 11.0 Å². The van der Waals surface area contributed by atoms with E-state index in [1.165, 1.54) is 0 Å². The number of hydrogen-bond donors (Lipinski definition) is 1. The van der Waals surface area contributed by atoms with E-state index in [-0.39, 0.29) is 0 Å². The van der Waals surface area contributed by atoms with Gasteiger partial charge in [-0.3, -0.25) is 0 Å². The first kappa shape index (κ1) is 11.0. The number of nitrogens with two attached hydrogens (primary N) is 1. The smallest absolute Gasteiger partial charge is 0.191 e. The van der Waals surface area contributed by atoms with Gasteiger partial charge in [0.2, 0.25) is 0 Å². The molecule has 0 aliphatic rings. The third-order valence-electron chi connectivity index (χ3n) is 2.95. The first-order valence-electron chi connectivity index (χ1n) is 5.84. The van der Waals surface area contributed by atoms with E-state index in [9.17, 15) is 0 Å². The summed E-state index contributed by atoms with van der Waals surface area (Å²) in [5, 5.41) is 1.04. The van der Waals surface area contributed by atoms with Crippen molar-refractivity contribution in [1.29, 1.82) is 0 Å². The van der Waals surface area contributed by atoms with Crippen molar-refractivity contribution in [2.45, 2.75) is 20.4 Å². The molecule has 1 aromatic carbocycles. The first-order valence-corrected chi connectivity index (χ1v) is 5.84. The van der Waals surface area contributed by atoms with Gasteiger partial charge < -0.3 is 14.6 Å². The van der Waals surface area contributed by atoms with Crippen molar-refractivity contribution in [3.05, 3.63) is 41.7 Å². The van der Waals surface area contributed by atoms with Crippen molar-refractivity contribution < 1.29 is 8.83 Å². The van der Waals surface area contributed by atoms with Crippen LogP contribution in [0.3, 0.4) is 0 Å². The number of rotatable bonds is 2. The van der Waals surface area contributed by atoms with Gasteiger partial charge in [0, 0.05) is 17.9 Å². The van der Waals surface area contributed by atoms with Crippen molar-refractivity contribution in [3.8, 4) is 11.3 Å². The van der Waals surface area contributed by atoms with Crippen LogP contribution in [0.25, 0.3) is 22.2 Å². The molecule has 18 heavy (non-hydrogen) atoms. The Kier molecular flexibility index (Phi) is 2.45. The standard InChI is InChI=1S/C14H14N2O2/c1-8-14(16-9(2)17-8)10-3-4-13-11(5-10)6-12(7-15)18-13/h3-6H,7,15H2,1-2H3. The number of benzene rings is 1. The van der Waals surface area contributed by atoms with Gasteiger partial charge >= 0.3 is 0 Å². The van der Waals surface area contributed by atoms with Gasteiger partial charge in [0.15, 0.2) is 5.89 Å². The maximum Gasteiger partial charge on any atom is 0.191 e. The van der Waals surface area contributed by atoms with Gasteiger partial charge in [-0.2, -0.15) is 0 Å². The average molecular weight is 242 g/mol. The summed E-state index contributed by atoms with van der Waals surface area (Å²) < 4.78 is 11.0. The largest absolute Gasteiger partial charge is 0.460 e. The van der Waals surface area contributed by atoms with Crippen LogP contribution in [0, 0.1) is 13.8 Å². The van der Waals surface area contributed by atoms with Crippen LogP contribution in [0.5, 0.6) is 0 Å². The molecule has 0 unspecified atom stereocenters.